The Bertz CT molecular complexity index is 1280. The van der Waals surface area contributed by atoms with Gasteiger partial charge in [0.15, 0.2) is 5.16 Å². The van der Waals surface area contributed by atoms with Crippen molar-refractivity contribution in [3.63, 3.8) is 0 Å². The molecule has 2 amide bonds. The molecular weight excluding hydrogens is 468 g/mol. The van der Waals surface area contributed by atoms with Crippen LogP contribution < -0.4 is 10.9 Å². The van der Waals surface area contributed by atoms with Crippen LogP contribution in [0.2, 0.25) is 0 Å². The van der Waals surface area contributed by atoms with Crippen molar-refractivity contribution in [3.05, 3.63) is 50.6 Å². The zero-order valence-electron chi connectivity index (χ0n) is 20.0. The number of rotatable bonds is 8. The van der Waals surface area contributed by atoms with Crippen LogP contribution in [0, 0.1) is 6.92 Å². The van der Waals surface area contributed by atoms with E-state index in [0.717, 1.165) is 41.5 Å². The van der Waals surface area contributed by atoms with Gasteiger partial charge in [-0.2, -0.15) is 0 Å². The number of thiophene rings is 1. The normalized spacial score (nSPS) is 13.6. The van der Waals surface area contributed by atoms with Crippen LogP contribution in [0.3, 0.4) is 0 Å². The van der Waals surface area contributed by atoms with Gasteiger partial charge in [-0.3, -0.25) is 19.0 Å². The molecule has 0 unspecified atom stereocenters. The standard InChI is InChI=1S/C25H30N4O3S2/c1-5-13-29-24(32)21-18-7-6-8-19(18)34-22(21)27-25(29)33-16(3)23(31)28(4)14-20(30)26-17-11-9-15(2)10-12-17/h9-12,16H,5-8,13-14H2,1-4H3,(H,26,30)/t16-/m0/s1. The minimum absolute atomic E-state index is 0.000714. The number of nitrogens with one attached hydrogen (secondary N) is 1. The van der Waals surface area contributed by atoms with Crippen molar-refractivity contribution in [2.45, 2.75) is 63.4 Å². The zero-order chi connectivity index (χ0) is 24.4. The first-order valence-corrected chi connectivity index (χ1v) is 13.3. The Kier molecular flexibility index (Phi) is 7.42. The van der Waals surface area contributed by atoms with Gasteiger partial charge in [-0.25, -0.2) is 4.98 Å². The highest BCUT2D eigenvalue weighted by molar-refractivity contribution is 8.00. The molecule has 4 rings (SSSR count). The number of aryl methyl sites for hydroxylation is 3. The number of anilines is 1. The summed E-state index contributed by atoms with van der Waals surface area (Å²) in [6.07, 6.45) is 3.84. The van der Waals surface area contributed by atoms with E-state index in [1.165, 1.54) is 27.1 Å². The molecule has 2 aromatic heterocycles. The van der Waals surface area contributed by atoms with Crippen molar-refractivity contribution in [2.75, 3.05) is 18.9 Å². The van der Waals surface area contributed by atoms with Gasteiger partial charge in [-0.05, 0) is 57.2 Å². The molecule has 180 valence electrons. The SMILES string of the molecule is CCCn1c(S[C@@H](C)C(=O)N(C)CC(=O)Nc2ccc(C)cc2)nc2sc3c(c2c1=O)CCC3. The summed E-state index contributed by atoms with van der Waals surface area (Å²) in [5.41, 5.74) is 2.97. The smallest absolute Gasteiger partial charge is 0.263 e. The fraction of sp³-hybridized carbons (Fsp3) is 0.440. The van der Waals surface area contributed by atoms with Gasteiger partial charge in [0.2, 0.25) is 11.8 Å². The maximum atomic E-state index is 13.4. The second kappa shape index (κ2) is 10.3. The van der Waals surface area contributed by atoms with Crippen LogP contribution in [0.5, 0.6) is 0 Å². The number of nitrogens with zero attached hydrogens (tertiary/aromatic N) is 3. The summed E-state index contributed by atoms with van der Waals surface area (Å²) in [6, 6.07) is 7.52. The summed E-state index contributed by atoms with van der Waals surface area (Å²) in [5, 5.41) is 3.66. The molecule has 0 saturated carbocycles. The first-order chi connectivity index (χ1) is 16.3. The maximum Gasteiger partial charge on any atom is 0.263 e. The number of amides is 2. The first kappa shape index (κ1) is 24.5. The summed E-state index contributed by atoms with van der Waals surface area (Å²) in [4.78, 5) is 47.1. The van der Waals surface area contributed by atoms with Crippen molar-refractivity contribution in [3.8, 4) is 0 Å². The molecule has 1 aliphatic rings. The van der Waals surface area contributed by atoms with Crippen molar-refractivity contribution in [2.24, 2.45) is 0 Å². The second-order valence-electron chi connectivity index (χ2n) is 8.76. The van der Waals surface area contributed by atoms with Crippen LogP contribution >= 0.6 is 23.1 Å². The molecule has 3 aromatic rings. The van der Waals surface area contributed by atoms with Crippen LogP contribution in [-0.4, -0.2) is 45.1 Å². The third-order valence-electron chi connectivity index (χ3n) is 5.96. The van der Waals surface area contributed by atoms with E-state index in [-0.39, 0.29) is 23.9 Å². The highest BCUT2D eigenvalue weighted by Crippen LogP contribution is 2.36. The number of benzene rings is 1. The number of thioether (sulfide) groups is 1. The maximum absolute atomic E-state index is 13.4. The van der Waals surface area contributed by atoms with Gasteiger partial charge in [-0.1, -0.05) is 36.4 Å². The average molecular weight is 499 g/mol. The van der Waals surface area contributed by atoms with E-state index in [1.807, 2.05) is 38.1 Å². The molecule has 1 N–H and O–H groups in total. The molecule has 0 bridgehead atoms. The number of likely N-dealkylation sites (N-methyl/N-ethyl adjacent to an activating group) is 1. The first-order valence-electron chi connectivity index (χ1n) is 11.6. The Morgan fingerprint density at radius 1 is 1.26 bits per heavy atom. The number of carbonyl (C=O) groups is 2. The molecule has 34 heavy (non-hydrogen) atoms. The number of fused-ring (bicyclic) bond motifs is 3. The summed E-state index contributed by atoms with van der Waals surface area (Å²) >= 11 is 2.89. The molecule has 0 saturated heterocycles. The highest BCUT2D eigenvalue weighted by atomic mass is 32.2. The molecule has 0 aliphatic heterocycles. The van der Waals surface area contributed by atoms with E-state index in [4.69, 9.17) is 4.98 Å². The summed E-state index contributed by atoms with van der Waals surface area (Å²) in [5.74, 6) is -0.442. The lowest BCUT2D eigenvalue weighted by molar-refractivity contribution is -0.132. The van der Waals surface area contributed by atoms with Crippen LogP contribution in [0.15, 0.2) is 34.2 Å². The largest absolute Gasteiger partial charge is 0.335 e. The average Bonchev–Trinajstić information content (AvgIpc) is 3.38. The number of hydrogen-bond donors (Lipinski definition) is 1. The van der Waals surface area contributed by atoms with Gasteiger partial charge in [0.05, 0.1) is 17.2 Å². The topological polar surface area (TPSA) is 84.3 Å². The Balaban J connectivity index is 1.48. The second-order valence-corrected chi connectivity index (χ2v) is 11.1. The summed E-state index contributed by atoms with van der Waals surface area (Å²) in [6.45, 7) is 6.31. The minimum Gasteiger partial charge on any atom is -0.335 e. The molecule has 0 radical (unpaired) electrons. The highest BCUT2D eigenvalue weighted by Gasteiger charge is 2.26. The van der Waals surface area contributed by atoms with Crippen LogP contribution in [0.4, 0.5) is 5.69 Å². The fourth-order valence-electron chi connectivity index (χ4n) is 4.22. The van der Waals surface area contributed by atoms with Crippen molar-refractivity contribution in [1.82, 2.24) is 14.5 Å². The van der Waals surface area contributed by atoms with Crippen LogP contribution in [-0.2, 0) is 29.0 Å². The molecule has 9 heteroatoms. The summed E-state index contributed by atoms with van der Waals surface area (Å²) in [7, 11) is 1.62. The van der Waals surface area contributed by atoms with Crippen molar-refractivity contribution in [1.29, 1.82) is 0 Å². The third-order valence-corrected chi connectivity index (χ3v) is 8.22. The lowest BCUT2D eigenvalue weighted by Crippen LogP contribution is -2.39. The van der Waals surface area contributed by atoms with Gasteiger partial charge < -0.3 is 10.2 Å². The molecule has 1 aliphatic carbocycles. The predicted molar refractivity (Wildman–Crippen MR) is 139 cm³/mol. The molecule has 1 aromatic carbocycles. The van der Waals surface area contributed by atoms with Crippen LogP contribution in [0.25, 0.3) is 10.2 Å². The van der Waals surface area contributed by atoms with Crippen LogP contribution in [0.1, 0.15) is 42.7 Å². The monoisotopic (exact) mass is 498 g/mol. The van der Waals surface area contributed by atoms with E-state index in [0.29, 0.717) is 17.4 Å². The number of aromatic nitrogens is 2. The van der Waals surface area contributed by atoms with Gasteiger partial charge in [0.1, 0.15) is 4.83 Å². The van der Waals surface area contributed by atoms with E-state index >= 15 is 0 Å². The quantitative estimate of drug-likeness (QED) is 0.371. The predicted octanol–water partition coefficient (Wildman–Crippen LogP) is 4.24. The Labute approximate surface area is 207 Å². The Hall–Kier alpha value is -2.65. The number of hydrogen-bond acceptors (Lipinski definition) is 6. The van der Waals surface area contributed by atoms with Crippen molar-refractivity contribution < 1.29 is 9.59 Å². The lowest BCUT2D eigenvalue weighted by atomic mass is 10.2. The summed E-state index contributed by atoms with van der Waals surface area (Å²) < 4.78 is 1.71. The minimum atomic E-state index is -0.489. The molecule has 0 fully saturated rings. The third kappa shape index (κ3) is 5.05. The Morgan fingerprint density at radius 3 is 2.71 bits per heavy atom. The van der Waals surface area contributed by atoms with E-state index in [2.05, 4.69) is 5.32 Å². The molecule has 2 heterocycles. The number of carbonyl (C=O) groups excluding carboxylic acids is 2. The molecular formula is C25H30N4O3S2. The van der Waals surface area contributed by atoms with E-state index < -0.39 is 5.25 Å². The molecule has 1 atom stereocenters. The van der Waals surface area contributed by atoms with Gasteiger partial charge in [0, 0.05) is 24.2 Å². The fourth-order valence-corrected chi connectivity index (χ4v) is 6.57. The van der Waals surface area contributed by atoms with E-state index in [1.54, 1.807) is 29.9 Å². The zero-order valence-corrected chi connectivity index (χ0v) is 21.6. The molecule has 7 nitrogen and oxygen atoms in total. The van der Waals surface area contributed by atoms with E-state index in [9.17, 15) is 14.4 Å². The van der Waals surface area contributed by atoms with Crippen molar-refractivity contribution >= 4 is 50.8 Å². The Morgan fingerprint density at radius 2 is 2.00 bits per heavy atom. The van der Waals surface area contributed by atoms with Gasteiger partial charge in [-0.15, -0.1) is 11.3 Å². The molecule has 0 spiro atoms. The van der Waals surface area contributed by atoms with Gasteiger partial charge >= 0.3 is 0 Å². The van der Waals surface area contributed by atoms with Gasteiger partial charge in [0.25, 0.3) is 5.56 Å². The lowest BCUT2D eigenvalue weighted by Gasteiger charge is -2.21.